The van der Waals surface area contributed by atoms with Crippen LogP contribution in [0.15, 0.2) is 65.6 Å². The lowest BCUT2D eigenvalue weighted by atomic mass is 10.0. The summed E-state index contributed by atoms with van der Waals surface area (Å²) in [5.41, 5.74) is 0.259. The molecule has 0 spiro atoms. The smallest absolute Gasteiger partial charge is 0.270 e. The molecule has 0 aliphatic carbocycles. The lowest BCUT2D eigenvalue weighted by molar-refractivity contribution is 0.0820. The van der Waals surface area contributed by atoms with Gasteiger partial charge in [0.15, 0.2) is 5.78 Å². The van der Waals surface area contributed by atoms with Gasteiger partial charge in [0.2, 0.25) is 0 Å². The molecule has 0 N–H and O–H groups in total. The van der Waals surface area contributed by atoms with Crippen molar-refractivity contribution in [3.05, 3.63) is 76.8 Å². The van der Waals surface area contributed by atoms with Crippen LogP contribution in [0.4, 0.5) is 0 Å². The molecule has 26 heavy (non-hydrogen) atoms. The van der Waals surface area contributed by atoms with Crippen LogP contribution >= 0.6 is 11.6 Å². The van der Waals surface area contributed by atoms with E-state index >= 15 is 0 Å². The van der Waals surface area contributed by atoms with Crippen molar-refractivity contribution in [1.82, 2.24) is 4.31 Å². The van der Waals surface area contributed by atoms with E-state index in [0.717, 1.165) is 10.8 Å². The summed E-state index contributed by atoms with van der Waals surface area (Å²) < 4.78 is 25.8. The molecule has 4 rings (SSSR count). The summed E-state index contributed by atoms with van der Waals surface area (Å²) in [7, 11) is -4.09. The van der Waals surface area contributed by atoms with Gasteiger partial charge in [0.25, 0.3) is 15.9 Å². The van der Waals surface area contributed by atoms with Gasteiger partial charge in [0.1, 0.15) is 11.4 Å². The molecule has 1 heterocycles. The quantitative estimate of drug-likeness (QED) is 0.647. The summed E-state index contributed by atoms with van der Waals surface area (Å²) in [6.45, 7) is -0.565. The van der Waals surface area contributed by atoms with Gasteiger partial charge in [-0.25, -0.2) is 12.7 Å². The third kappa shape index (κ3) is 2.50. The Morgan fingerprint density at radius 1 is 0.962 bits per heavy atom. The minimum Gasteiger partial charge on any atom is -0.292 e. The van der Waals surface area contributed by atoms with Gasteiger partial charge in [0.05, 0.1) is 10.6 Å². The molecule has 1 amide bonds. The summed E-state index contributed by atoms with van der Waals surface area (Å²) in [4.78, 5) is 25.0. The Balaban J connectivity index is 1.69. The highest BCUT2D eigenvalue weighted by atomic mass is 35.5. The fraction of sp³-hybridized carbons (Fsp3) is 0.0526. The molecular formula is C19H12ClNO4S. The van der Waals surface area contributed by atoms with E-state index in [1.54, 1.807) is 18.2 Å². The highest BCUT2D eigenvalue weighted by Crippen LogP contribution is 2.34. The van der Waals surface area contributed by atoms with Gasteiger partial charge >= 0.3 is 0 Å². The van der Waals surface area contributed by atoms with Crippen LogP contribution in [0.2, 0.25) is 5.02 Å². The first-order chi connectivity index (χ1) is 12.4. The van der Waals surface area contributed by atoms with Crippen LogP contribution in [-0.2, 0) is 10.0 Å². The van der Waals surface area contributed by atoms with Crippen LogP contribution in [0.5, 0.6) is 0 Å². The zero-order valence-electron chi connectivity index (χ0n) is 13.3. The molecule has 3 aromatic rings. The van der Waals surface area contributed by atoms with Gasteiger partial charge in [-0.1, -0.05) is 54.1 Å². The SMILES string of the molecule is O=C(CN1C(=O)c2c(Cl)cccc2S1(=O)=O)c1ccc2ccccc2c1. The molecule has 5 nitrogen and oxygen atoms in total. The fourth-order valence-electron chi connectivity index (χ4n) is 3.02. The second kappa shape index (κ2) is 5.93. The highest BCUT2D eigenvalue weighted by Gasteiger charge is 2.43. The predicted octanol–water partition coefficient (Wildman–Crippen LogP) is 3.52. The lowest BCUT2D eigenvalue weighted by Crippen LogP contribution is -2.35. The number of carbonyl (C=O) groups excluding carboxylic acids is 2. The Labute approximate surface area is 154 Å². The number of amides is 1. The molecule has 0 fully saturated rings. The number of hydrogen-bond acceptors (Lipinski definition) is 4. The monoisotopic (exact) mass is 385 g/mol. The van der Waals surface area contributed by atoms with Crippen molar-refractivity contribution in [3.8, 4) is 0 Å². The van der Waals surface area contributed by atoms with Crippen LogP contribution in [0.3, 0.4) is 0 Å². The van der Waals surface area contributed by atoms with E-state index < -0.39 is 28.3 Å². The molecule has 0 radical (unpaired) electrons. The minimum atomic E-state index is -4.09. The summed E-state index contributed by atoms with van der Waals surface area (Å²) in [5, 5.41) is 1.88. The Morgan fingerprint density at radius 3 is 2.42 bits per heavy atom. The van der Waals surface area contributed by atoms with E-state index in [0.29, 0.717) is 9.87 Å². The number of hydrogen-bond donors (Lipinski definition) is 0. The second-order valence-corrected chi connectivity index (χ2v) is 8.15. The molecule has 3 aromatic carbocycles. The third-order valence-corrected chi connectivity index (χ3v) is 6.43. The average Bonchev–Trinajstić information content (AvgIpc) is 2.83. The molecule has 0 saturated heterocycles. The zero-order valence-corrected chi connectivity index (χ0v) is 14.9. The number of benzene rings is 3. The number of carbonyl (C=O) groups is 2. The summed E-state index contributed by atoms with van der Waals surface area (Å²) in [5.74, 6) is -1.24. The predicted molar refractivity (Wildman–Crippen MR) is 98.0 cm³/mol. The molecule has 0 aromatic heterocycles. The Kier molecular flexibility index (Phi) is 3.82. The van der Waals surface area contributed by atoms with Gasteiger partial charge in [-0.2, -0.15) is 0 Å². The Bertz CT molecular complexity index is 1190. The van der Waals surface area contributed by atoms with Crippen LogP contribution < -0.4 is 0 Å². The number of Topliss-reactive ketones (excluding diaryl/α,β-unsaturated/α-hetero) is 1. The van der Waals surface area contributed by atoms with Gasteiger partial charge < -0.3 is 0 Å². The van der Waals surface area contributed by atoms with Crippen LogP contribution in [0.1, 0.15) is 20.7 Å². The van der Waals surface area contributed by atoms with E-state index in [9.17, 15) is 18.0 Å². The standard InChI is InChI=1S/C19H12ClNO4S/c20-15-6-3-7-17-18(15)19(23)21(26(17,24)25)11-16(22)14-9-8-12-4-1-2-5-13(12)10-14/h1-10H,11H2. The van der Waals surface area contributed by atoms with E-state index in [1.807, 2.05) is 24.3 Å². The van der Waals surface area contributed by atoms with Gasteiger partial charge in [0, 0.05) is 5.56 Å². The van der Waals surface area contributed by atoms with E-state index in [4.69, 9.17) is 11.6 Å². The van der Waals surface area contributed by atoms with Crippen LogP contribution in [-0.4, -0.2) is 31.0 Å². The largest absolute Gasteiger partial charge is 0.292 e. The third-order valence-electron chi connectivity index (χ3n) is 4.34. The molecule has 7 heteroatoms. The van der Waals surface area contributed by atoms with Crippen molar-refractivity contribution in [2.24, 2.45) is 0 Å². The molecular weight excluding hydrogens is 374 g/mol. The maximum absolute atomic E-state index is 12.6. The number of rotatable bonds is 3. The van der Waals surface area contributed by atoms with Crippen molar-refractivity contribution in [1.29, 1.82) is 0 Å². The number of sulfonamides is 1. The summed E-state index contributed by atoms with van der Waals surface area (Å²) in [6, 6.07) is 16.8. The van der Waals surface area contributed by atoms with Crippen molar-refractivity contribution >= 4 is 44.1 Å². The summed E-state index contributed by atoms with van der Waals surface area (Å²) in [6.07, 6.45) is 0. The van der Waals surface area contributed by atoms with Gasteiger partial charge in [-0.15, -0.1) is 0 Å². The van der Waals surface area contributed by atoms with Crippen molar-refractivity contribution in [2.45, 2.75) is 4.90 Å². The molecule has 130 valence electrons. The first-order valence-electron chi connectivity index (χ1n) is 7.77. The Morgan fingerprint density at radius 2 is 1.69 bits per heavy atom. The van der Waals surface area contributed by atoms with E-state index in [-0.39, 0.29) is 15.5 Å². The van der Waals surface area contributed by atoms with E-state index in [1.165, 1.54) is 18.2 Å². The average molecular weight is 386 g/mol. The normalized spacial score (nSPS) is 15.3. The van der Waals surface area contributed by atoms with E-state index in [2.05, 4.69) is 0 Å². The fourth-order valence-corrected chi connectivity index (χ4v) is 4.87. The maximum atomic E-state index is 12.6. The minimum absolute atomic E-state index is 0.0525. The molecule has 0 saturated carbocycles. The van der Waals surface area contributed by atoms with Crippen molar-refractivity contribution in [2.75, 3.05) is 6.54 Å². The van der Waals surface area contributed by atoms with Crippen molar-refractivity contribution in [3.63, 3.8) is 0 Å². The molecule has 0 atom stereocenters. The highest BCUT2D eigenvalue weighted by molar-refractivity contribution is 7.90. The molecule has 0 unspecified atom stereocenters. The zero-order chi connectivity index (χ0) is 18.5. The lowest BCUT2D eigenvalue weighted by Gasteiger charge is -2.14. The van der Waals surface area contributed by atoms with Gasteiger partial charge in [-0.05, 0) is 29.0 Å². The summed E-state index contributed by atoms with van der Waals surface area (Å²) >= 11 is 5.98. The number of halogens is 1. The molecule has 1 aliphatic rings. The number of ketones is 1. The Hall–Kier alpha value is -2.70. The number of fused-ring (bicyclic) bond motifs is 2. The van der Waals surface area contributed by atoms with Crippen LogP contribution in [0.25, 0.3) is 10.8 Å². The topological polar surface area (TPSA) is 71.5 Å². The van der Waals surface area contributed by atoms with Gasteiger partial charge in [-0.3, -0.25) is 9.59 Å². The first-order valence-corrected chi connectivity index (χ1v) is 9.59. The number of nitrogens with zero attached hydrogens (tertiary/aromatic N) is 1. The molecule has 1 aliphatic heterocycles. The first kappa shape index (κ1) is 16.8. The second-order valence-electron chi connectivity index (χ2n) is 5.91. The van der Waals surface area contributed by atoms with Crippen LogP contribution in [0, 0.1) is 0 Å². The molecule has 0 bridgehead atoms. The maximum Gasteiger partial charge on any atom is 0.270 e. The van der Waals surface area contributed by atoms with Crippen molar-refractivity contribution < 1.29 is 18.0 Å².